The quantitative estimate of drug-likeness (QED) is 0.559. The summed E-state index contributed by atoms with van der Waals surface area (Å²) in [7, 11) is 0. The lowest BCUT2D eigenvalue weighted by atomic mass is 10.0. The molecule has 0 aliphatic carbocycles. The highest BCUT2D eigenvalue weighted by Crippen LogP contribution is 2.21. The fourth-order valence-electron chi connectivity index (χ4n) is 2.34. The van der Waals surface area contributed by atoms with Gasteiger partial charge in [-0.15, -0.1) is 11.8 Å². The Morgan fingerprint density at radius 1 is 1.15 bits per heavy atom. The predicted molar refractivity (Wildman–Crippen MR) is 100 cm³/mol. The minimum absolute atomic E-state index is 0.0522. The van der Waals surface area contributed by atoms with Crippen LogP contribution in [0, 0.1) is 12.7 Å². The Hall–Kier alpha value is -2.34. The topological polar surface area (TPSA) is 55.4 Å². The van der Waals surface area contributed by atoms with Crippen molar-refractivity contribution >= 4 is 23.6 Å². The molecule has 0 aliphatic rings. The van der Waals surface area contributed by atoms with E-state index in [1.807, 2.05) is 38.1 Å². The predicted octanol–water partition coefficient (Wildman–Crippen LogP) is 4.04. The van der Waals surface area contributed by atoms with Crippen molar-refractivity contribution in [2.75, 3.05) is 12.4 Å². The van der Waals surface area contributed by atoms with E-state index in [1.54, 1.807) is 18.2 Å². The number of rotatable bonds is 8. The third kappa shape index (κ3) is 6.19. The smallest absolute Gasteiger partial charge is 0.316 e. The molecule has 4 nitrogen and oxygen atoms in total. The van der Waals surface area contributed by atoms with Gasteiger partial charge in [-0.2, -0.15) is 0 Å². The van der Waals surface area contributed by atoms with E-state index < -0.39 is 5.97 Å². The molecule has 2 aromatic carbocycles. The monoisotopic (exact) mass is 375 g/mol. The number of ether oxygens (including phenoxy) is 1. The van der Waals surface area contributed by atoms with Crippen LogP contribution in [-0.4, -0.2) is 24.2 Å². The average Bonchev–Trinajstić information content (AvgIpc) is 2.64. The SMILES string of the molecule is CC[C@@H](NC(=O)COC(=O)CSc1ccccc1F)c1ccc(C)cc1. The zero-order valence-corrected chi connectivity index (χ0v) is 15.6. The number of carbonyl (C=O) groups excluding carboxylic acids is 2. The lowest BCUT2D eigenvalue weighted by molar-refractivity contribution is -0.146. The number of carbonyl (C=O) groups is 2. The molecule has 26 heavy (non-hydrogen) atoms. The highest BCUT2D eigenvalue weighted by atomic mass is 32.2. The third-order valence-corrected chi connectivity index (χ3v) is 4.79. The summed E-state index contributed by atoms with van der Waals surface area (Å²) in [5.41, 5.74) is 2.16. The molecule has 0 aliphatic heterocycles. The van der Waals surface area contributed by atoms with Crippen molar-refractivity contribution in [1.29, 1.82) is 0 Å². The first kappa shape index (κ1) is 20.0. The van der Waals surface area contributed by atoms with E-state index >= 15 is 0 Å². The Morgan fingerprint density at radius 3 is 2.50 bits per heavy atom. The Morgan fingerprint density at radius 2 is 1.85 bits per heavy atom. The normalized spacial score (nSPS) is 11.7. The van der Waals surface area contributed by atoms with Crippen LogP contribution in [0.3, 0.4) is 0 Å². The molecule has 0 bridgehead atoms. The van der Waals surface area contributed by atoms with Crippen molar-refractivity contribution < 1.29 is 18.7 Å². The fourth-order valence-corrected chi connectivity index (χ4v) is 3.08. The molecule has 6 heteroatoms. The maximum Gasteiger partial charge on any atom is 0.316 e. The van der Waals surface area contributed by atoms with E-state index in [1.165, 1.54) is 6.07 Å². The van der Waals surface area contributed by atoms with Crippen molar-refractivity contribution in [3.05, 3.63) is 65.5 Å². The number of hydrogen-bond acceptors (Lipinski definition) is 4. The molecule has 0 saturated heterocycles. The summed E-state index contributed by atoms with van der Waals surface area (Å²) in [4.78, 5) is 24.2. The summed E-state index contributed by atoms with van der Waals surface area (Å²) in [6.07, 6.45) is 0.728. The molecule has 0 heterocycles. The van der Waals surface area contributed by atoms with Crippen molar-refractivity contribution in [3.63, 3.8) is 0 Å². The van der Waals surface area contributed by atoms with Gasteiger partial charge in [0.2, 0.25) is 0 Å². The molecule has 0 unspecified atom stereocenters. The third-order valence-electron chi connectivity index (χ3n) is 3.77. The van der Waals surface area contributed by atoms with Gasteiger partial charge in [-0.1, -0.05) is 48.9 Å². The van der Waals surface area contributed by atoms with Crippen LogP contribution in [0.25, 0.3) is 0 Å². The molecule has 2 aromatic rings. The molecule has 0 fully saturated rings. The van der Waals surface area contributed by atoms with Gasteiger partial charge in [0.05, 0.1) is 11.8 Å². The lowest BCUT2D eigenvalue weighted by Crippen LogP contribution is -2.32. The summed E-state index contributed by atoms with van der Waals surface area (Å²) in [5.74, 6) is -1.35. The van der Waals surface area contributed by atoms with Gasteiger partial charge in [0, 0.05) is 4.90 Å². The number of nitrogens with one attached hydrogen (secondary N) is 1. The van der Waals surface area contributed by atoms with Gasteiger partial charge in [-0.3, -0.25) is 9.59 Å². The average molecular weight is 375 g/mol. The molecule has 0 saturated carbocycles. The molecular formula is C20H22FNO3S. The molecule has 1 amide bonds. The minimum atomic E-state index is -0.559. The second-order valence-electron chi connectivity index (χ2n) is 5.82. The zero-order valence-electron chi connectivity index (χ0n) is 14.8. The Bertz CT molecular complexity index is 749. The number of thioether (sulfide) groups is 1. The van der Waals surface area contributed by atoms with Gasteiger partial charge in [0.1, 0.15) is 5.82 Å². The molecule has 0 radical (unpaired) electrons. The molecule has 138 valence electrons. The summed E-state index contributed by atoms with van der Waals surface area (Å²) in [5, 5.41) is 2.86. The second kappa shape index (κ2) is 9.97. The number of esters is 1. The van der Waals surface area contributed by atoms with E-state index in [-0.39, 0.29) is 30.1 Å². The van der Waals surface area contributed by atoms with Crippen LogP contribution in [-0.2, 0) is 14.3 Å². The highest BCUT2D eigenvalue weighted by Gasteiger charge is 2.14. The first-order valence-corrected chi connectivity index (χ1v) is 9.37. The van der Waals surface area contributed by atoms with Crippen molar-refractivity contribution in [2.24, 2.45) is 0 Å². The van der Waals surface area contributed by atoms with Crippen LogP contribution in [0.4, 0.5) is 4.39 Å². The van der Waals surface area contributed by atoms with E-state index in [2.05, 4.69) is 5.32 Å². The van der Waals surface area contributed by atoms with Crippen LogP contribution in [0.15, 0.2) is 53.4 Å². The minimum Gasteiger partial charge on any atom is -0.455 e. The fraction of sp³-hybridized carbons (Fsp3) is 0.300. The van der Waals surface area contributed by atoms with Crippen LogP contribution < -0.4 is 5.32 Å². The largest absolute Gasteiger partial charge is 0.455 e. The Balaban J connectivity index is 1.77. The van der Waals surface area contributed by atoms with Crippen LogP contribution in [0.1, 0.15) is 30.5 Å². The zero-order chi connectivity index (χ0) is 18.9. The van der Waals surface area contributed by atoms with E-state index in [0.717, 1.165) is 29.3 Å². The van der Waals surface area contributed by atoms with E-state index in [0.29, 0.717) is 4.90 Å². The number of amides is 1. The van der Waals surface area contributed by atoms with Gasteiger partial charge < -0.3 is 10.1 Å². The van der Waals surface area contributed by atoms with Gasteiger partial charge in [0.15, 0.2) is 6.61 Å². The molecule has 1 N–H and O–H groups in total. The number of aryl methyl sites for hydroxylation is 1. The summed E-state index contributed by atoms with van der Waals surface area (Å²) in [6.45, 7) is 3.63. The molecular weight excluding hydrogens is 353 g/mol. The van der Waals surface area contributed by atoms with Crippen molar-refractivity contribution in [2.45, 2.75) is 31.2 Å². The van der Waals surface area contributed by atoms with Crippen molar-refractivity contribution in [3.8, 4) is 0 Å². The summed E-state index contributed by atoms with van der Waals surface area (Å²) >= 11 is 1.04. The maximum atomic E-state index is 13.5. The van der Waals surface area contributed by atoms with Crippen LogP contribution in [0.5, 0.6) is 0 Å². The Labute approximate surface area is 157 Å². The van der Waals surface area contributed by atoms with Gasteiger partial charge >= 0.3 is 5.97 Å². The molecule has 2 rings (SSSR count). The summed E-state index contributed by atoms with van der Waals surface area (Å²) < 4.78 is 18.5. The van der Waals surface area contributed by atoms with Gasteiger partial charge in [-0.05, 0) is 31.0 Å². The number of hydrogen-bond donors (Lipinski definition) is 1. The van der Waals surface area contributed by atoms with E-state index in [4.69, 9.17) is 4.74 Å². The lowest BCUT2D eigenvalue weighted by Gasteiger charge is -2.17. The van der Waals surface area contributed by atoms with Crippen LogP contribution >= 0.6 is 11.8 Å². The van der Waals surface area contributed by atoms with E-state index in [9.17, 15) is 14.0 Å². The standard InChI is InChI=1S/C20H22FNO3S/c1-3-17(15-10-8-14(2)9-11-15)22-19(23)12-25-20(24)13-26-18-7-5-4-6-16(18)21/h4-11,17H,3,12-13H2,1-2H3,(H,22,23)/t17-/m1/s1. The van der Waals surface area contributed by atoms with Gasteiger partial charge in [-0.25, -0.2) is 4.39 Å². The first-order valence-electron chi connectivity index (χ1n) is 8.38. The maximum absolute atomic E-state index is 13.5. The molecule has 0 spiro atoms. The van der Waals surface area contributed by atoms with Crippen molar-refractivity contribution in [1.82, 2.24) is 5.32 Å². The highest BCUT2D eigenvalue weighted by molar-refractivity contribution is 8.00. The molecule has 1 atom stereocenters. The molecule has 0 aromatic heterocycles. The first-order chi connectivity index (χ1) is 12.5. The second-order valence-corrected chi connectivity index (χ2v) is 6.84. The summed E-state index contributed by atoms with van der Waals surface area (Å²) in [6, 6.07) is 14.0. The Kier molecular flexibility index (Phi) is 7.66. The number of halogens is 1. The van der Waals surface area contributed by atoms with Gasteiger partial charge in [0.25, 0.3) is 5.91 Å². The van der Waals surface area contributed by atoms with Crippen LogP contribution in [0.2, 0.25) is 0 Å². The number of benzene rings is 2.